The molecule has 1 aromatic heterocycles. The number of aryl methyl sites for hydroxylation is 1. The quantitative estimate of drug-likeness (QED) is 0.757. The maximum Gasteiger partial charge on any atom is 0.166 e. The van der Waals surface area contributed by atoms with Crippen molar-refractivity contribution in [2.24, 2.45) is 0 Å². The largest absolute Gasteiger partial charge is 0.374 e. The monoisotopic (exact) mass is 252 g/mol. The van der Waals surface area contributed by atoms with Gasteiger partial charge in [0.15, 0.2) is 5.78 Å². The molecule has 1 aromatic rings. The lowest BCUT2D eigenvalue weighted by Gasteiger charge is -2.19. The Morgan fingerprint density at radius 1 is 1.33 bits per heavy atom. The average molecular weight is 252 g/mol. The standard InChI is InChI=1S/C14H24N2O2/c1-7-12(17)13-10(2)15-16(11(13)3)8-9-18-14(4,5)6/h7-9H2,1-6H3. The highest BCUT2D eigenvalue weighted by molar-refractivity contribution is 5.97. The number of nitrogens with zero attached hydrogens (tertiary/aromatic N) is 2. The molecule has 0 spiro atoms. The summed E-state index contributed by atoms with van der Waals surface area (Å²) >= 11 is 0. The minimum absolute atomic E-state index is 0.141. The number of ether oxygens (including phenoxy) is 1. The van der Waals surface area contributed by atoms with Crippen molar-refractivity contribution < 1.29 is 9.53 Å². The van der Waals surface area contributed by atoms with Crippen LogP contribution in [0.15, 0.2) is 0 Å². The number of hydrogen-bond acceptors (Lipinski definition) is 3. The lowest BCUT2D eigenvalue weighted by Crippen LogP contribution is -2.22. The van der Waals surface area contributed by atoms with Gasteiger partial charge in [0.05, 0.1) is 30.0 Å². The zero-order valence-electron chi connectivity index (χ0n) is 12.3. The molecule has 0 aliphatic heterocycles. The van der Waals surface area contributed by atoms with E-state index in [1.165, 1.54) is 0 Å². The van der Waals surface area contributed by atoms with Crippen LogP contribution in [0.4, 0.5) is 0 Å². The molecule has 0 aliphatic rings. The second-order valence-corrected chi connectivity index (χ2v) is 5.51. The first-order valence-electron chi connectivity index (χ1n) is 6.47. The number of ketones is 1. The van der Waals surface area contributed by atoms with E-state index in [4.69, 9.17) is 4.74 Å². The van der Waals surface area contributed by atoms with Crippen LogP contribution in [0.1, 0.15) is 55.9 Å². The van der Waals surface area contributed by atoms with Crippen LogP contribution in [-0.2, 0) is 11.3 Å². The highest BCUT2D eigenvalue weighted by atomic mass is 16.5. The zero-order chi connectivity index (χ0) is 13.9. The molecule has 0 aliphatic carbocycles. The summed E-state index contributed by atoms with van der Waals surface area (Å²) in [5, 5.41) is 4.41. The predicted octanol–water partition coefficient (Wildman–Crippen LogP) is 2.91. The first-order valence-corrected chi connectivity index (χ1v) is 6.47. The summed E-state index contributed by atoms with van der Waals surface area (Å²) in [5.41, 5.74) is 2.39. The SMILES string of the molecule is CCC(=O)c1c(C)nn(CCOC(C)(C)C)c1C. The van der Waals surface area contributed by atoms with Crippen molar-refractivity contribution in [3.63, 3.8) is 0 Å². The van der Waals surface area contributed by atoms with E-state index in [1.54, 1.807) is 0 Å². The summed E-state index contributed by atoms with van der Waals surface area (Å²) in [4.78, 5) is 11.8. The Balaban J connectivity index is 2.77. The number of carbonyl (C=O) groups excluding carboxylic acids is 1. The molecule has 0 saturated heterocycles. The molecule has 0 radical (unpaired) electrons. The van der Waals surface area contributed by atoms with Crippen molar-refractivity contribution in [1.82, 2.24) is 9.78 Å². The van der Waals surface area contributed by atoms with Crippen molar-refractivity contribution in [2.45, 2.75) is 60.1 Å². The van der Waals surface area contributed by atoms with Crippen molar-refractivity contribution in [2.75, 3.05) is 6.61 Å². The van der Waals surface area contributed by atoms with Gasteiger partial charge < -0.3 is 4.74 Å². The Labute approximate surface area is 109 Å². The third-order valence-corrected chi connectivity index (χ3v) is 2.82. The molecule has 0 atom stereocenters. The Bertz CT molecular complexity index is 428. The highest BCUT2D eigenvalue weighted by Crippen LogP contribution is 2.15. The van der Waals surface area contributed by atoms with Crippen molar-refractivity contribution in [3.8, 4) is 0 Å². The first kappa shape index (κ1) is 14.9. The zero-order valence-corrected chi connectivity index (χ0v) is 12.3. The number of rotatable bonds is 5. The Hall–Kier alpha value is -1.16. The lowest BCUT2D eigenvalue weighted by molar-refractivity contribution is -0.00811. The summed E-state index contributed by atoms with van der Waals surface area (Å²) in [5.74, 6) is 0.160. The molecule has 0 fully saturated rings. The molecular formula is C14H24N2O2. The first-order chi connectivity index (χ1) is 8.26. The van der Waals surface area contributed by atoms with Crippen molar-refractivity contribution in [1.29, 1.82) is 0 Å². The lowest BCUT2D eigenvalue weighted by atomic mass is 10.1. The van der Waals surface area contributed by atoms with E-state index in [0.717, 1.165) is 17.0 Å². The molecule has 1 heterocycles. The minimum Gasteiger partial charge on any atom is -0.374 e. The van der Waals surface area contributed by atoms with Crippen LogP contribution in [-0.4, -0.2) is 27.8 Å². The van der Waals surface area contributed by atoms with Gasteiger partial charge in [0.1, 0.15) is 0 Å². The van der Waals surface area contributed by atoms with Crippen LogP contribution in [0.3, 0.4) is 0 Å². The van der Waals surface area contributed by atoms with E-state index >= 15 is 0 Å². The van der Waals surface area contributed by atoms with Gasteiger partial charge in [-0.15, -0.1) is 0 Å². The van der Waals surface area contributed by atoms with E-state index in [-0.39, 0.29) is 11.4 Å². The van der Waals surface area contributed by atoms with Crippen LogP contribution in [0.25, 0.3) is 0 Å². The third-order valence-electron chi connectivity index (χ3n) is 2.82. The second-order valence-electron chi connectivity index (χ2n) is 5.51. The van der Waals surface area contributed by atoms with Gasteiger partial charge in [-0.2, -0.15) is 5.10 Å². The number of carbonyl (C=O) groups is 1. The molecule has 4 nitrogen and oxygen atoms in total. The van der Waals surface area contributed by atoms with Gasteiger partial charge in [-0.1, -0.05) is 6.92 Å². The molecule has 0 saturated carbocycles. The Kier molecular flexibility index (Phi) is 4.68. The molecule has 0 bridgehead atoms. The fraction of sp³-hybridized carbons (Fsp3) is 0.714. The van der Waals surface area contributed by atoms with Crippen LogP contribution < -0.4 is 0 Å². The maximum absolute atomic E-state index is 11.8. The fourth-order valence-corrected chi connectivity index (χ4v) is 1.93. The van der Waals surface area contributed by atoms with E-state index in [1.807, 2.05) is 46.2 Å². The van der Waals surface area contributed by atoms with Crippen molar-refractivity contribution >= 4 is 5.78 Å². The molecule has 0 N–H and O–H groups in total. The average Bonchev–Trinajstić information content (AvgIpc) is 2.52. The highest BCUT2D eigenvalue weighted by Gasteiger charge is 2.17. The number of Topliss-reactive ketones (excluding diaryl/α,β-unsaturated/α-hetero) is 1. The molecule has 0 amide bonds. The Morgan fingerprint density at radius 3 is 2.44 bits per heavy atom. The maximum atomic E-state index is 11.8. The molecule has 0 unspecified atom stereocenters. The van der Waals surface area contributed by atoms with Crippen LogP contribution in [0.5, 0.6) is 0 Å². The second kappa shape index (κ2) is 5.65. The third kappa shape index (κ3) is 3.67. The summed E-state index contributed by atoms with van der Waals surface area (Å²) in [6.07, 6.45) is 0.520. The van der Waals surface area contributed by atoms with E-state index in [2.05, 4.69) is 5.10 Å². The van der Waals surface area contributed by atoms with E-state index in [0.29, 0.717) is 19.6 Å². The normalized spacial score (nSPS) is 11.9. The summed E-state index contributed by atoms with van der Waals surface area (Å²) in [6, 6.07) is 0. The fourth-order valence-electron chi connectivity index (χ4n) is 1.93. The van der Waals surface area contributed by atoms with Gasteiger partial charge in [-0.05, 0) is 34.6 Å². The number of hydrogen-bond donors (Lipinski definition) is 0. The Morgan fingerprint density at radius 2 is 1.94 bits per heavy atom. The number of aromatic nitrogens is 2. The minimum atomic E-state index is -0.141. The van der Waals surface area contributed by atoms with Gasteiger partial charge in [0, 0.05) is 12.1 Å². The van der Waals surface area contributed by atoms with Crippen LogP contribution in [0.2, 0.25) is 0 Å². The van der Waals surface area contributed by atoms with Gasteiger partial charge in [0.25, 0.3) is 0 Å². The molecular weight excluding hydrogens is 228 g/mol. The molecule has 102 valence electrons. The van der Waals surface area contributed by atoms with E-state index < -0.39 is 0 Å². The van der Waals surface area contributed by atoms with Crippen molar-refractivity contribution in [3.05, 3.63) is 17.0 Å². The van der Waals surface area contributed by atoms with Crippen LogP contribution >= 0.6 is 0 Å². The molecule has 1 rings (SSSR count). The van der Waals surface area contributed by atoms with E-state index in [9.17, 15) is 4.79 Å². The topological polar surface area (TPSA) is 44.1 Å². The van der Waals surface area contributed by atoms with Gasteiger partial charge >= 0.3 is 0 Å². The van der Waals surface area contributed by atoms with Gasteiger partial charge in [0.2, 0.25) is 0 Å². The molecule has 0 aromatic carbocycles. The van der Waals surface area contributed by atoms with Gasteiger partial charge in [-0.3, -0.25) is 9.48 Å². The summed E-state index contributed by atoms with van der Waals surface area (Å²) in [7, 11) is 0. The summed E-state index contributed by atoms with van der Waals surface area (Å²) < 4.78 is 7.54. The van der Waals surface area contributed by atoms with Gasteiger partial charge in [-0.25, -0.2) is 0 Å². The van der Waals surface area contributed by atoms with Crippen LogP contribution in [0, 0.1) is 13.8 Å². The molecule has 4 heteroatoms. The smallest absolute Gasteiger partial charge is 0.166 e. The predicted molar refractivity (Wildman–Crippen MR) is 72.0 cm³/mol. The summed E-state index contributed by atoms with van der Waals surface area (Å²) in [6.45, 7) is 13.1. The molecule has 18 heavy (non-hydrogen) atoms.